The van der Waals surface area contributed by atoms with E-state index in [4.69, 9.17) is 29.9 Å². The molecule has 0 spiro atoms. The molecular formula is C55H42N6. The summed E-state index contributed by atoms with van der Waals surface area (Å²) in [5.41, 5.74) is 11.8. The summed E-state index contributed by atoms with van der Waals surface area (Å²) in [6.45, 7) is 0. The second kappa shape index (κ2) is 15.6. The summed E-state index contributed by atoms with van der Waals surface area (Å²) in [4.78, 5) is 30.2. The molecular weight excluding hydrogens is 745 g/mol. The Hall–Kier alpha value is -7.44. The SMILES string of the molecule is c1ccc(-c2cccc(-c3nc(-c4ccccc4)nc(-c4ccc(-c5cccc(-c6nc(-c7ccccc7)nc(-c7ccc(C89CCC(CC8)C9)cc7)n6)c5)cc4)n3)c2)cc1. The predicted octanol–water partition coefficient (Wildman–Crippen LogP) is 13.2. The van der Waals surface area contributed by atoms with E-state index in [0.29, 0.717) is 40.4 Å². The monoisotopic (exact) mass is 786 g/mol. The highest BCUT2D eigenvalue weighted by atomic mass is 15.0. The van der Waals surface area contributed by atoms with Crippen molar-refractivity contribution in [3.63, 3.8) is 0 Å². The van der Waals surface area contributed by atoms with E-state index in [1.165, 1.54) is 37.7 Å². The minimum Gasteiger partial charge on any atom is -0.208 e. The number of nitrogens with zero attached hydrogens (tertiary/aromatic N) is 6. The van der Waals surface area contributed by atoms with Crippen LogP contribution in [0.3, 0.4) is 0 Å². The van der Waals surface area contributed by atoms with Crippen molar-refractivity contribution in [2.75, 3.05) is 0 Å². The minimum absolute atomic E-state index is 0.357. The van der Waals surface area contributed by atoms with Gasteiger partial charge < -0.3 is 0 Å². The van der Waals surface area contributed by atoms with Crippen molar-refractivity contribution in [3.05, 3.63) is 194 Å². The molecule has 2 aromatic heterocycles. The third-order valence-electron chi connectivity index (χ3n) is 12.7. The molecule has 292 valence electrons. The Balaban J connectivity index is 0.927. The van der Waals surface area contributed by atoms with Gasteiger partial charge in [0.15, 0.2) is 34.9 Å². The molecule has 2 bridgehead atoms. The largest absolute Gasteiger partial charge is 0.208 e. The molecule has 61 heavy (non-hydrogen) atoms. The molecule has 0 N–H and O–H groups in total. The Labute approximate surface area is 356 Å². The maximum atomic E-state index is 5.11. The lowest BCUT2D eigenvalue weighted by atomic mass is 9.77. The zero-order valence-corrected chi connectivity index (χ0v) is 33.7. The Bertz CT molecular complexity index is 2980. The number of hydrogen-bond donors (Lipinski definition) is 0. The molecule has 2 heterocycles. The summed E-state index contributed by atoms with van der Waals surface area (Å²) in [7, 11) is 0. The summed E-state index contributed by atoms with van der Waals surface area (Å²) < 4.78 is 0. The van der Waals surface area contributed by atoms with Crippen LogP contribution in [0.5, 0.6) is 0 Å². The summed E-state index contributed by atoms with van der Waals surface area (Å²) in [5.74, 6) is 4.75. The highest BCUT2D eigenvalue weighted by Crippen LogP contribution is 2.55. The van der Waals surface area contributed by atoms with Gasteiger partial charge >= 0.3 is 0 Å². The average Bonchev–Trinajstić information content (AvgIpc) is 3.98. The topological polar surface area (TPSA) is 77.3 Å². The van der Waals surface area contributed by atoms with E-state index in [9.17, 15) is 0 Å². The van der Waals surface area contributed by atoms with Crippen molar-refractivity contribution in [2.45, 2.75) is 37.5 Å². The molecule has 0 amide bonds. The predicted molar refractivity (Wildman–Crippen MR) is 245 cm³/mol. The first kappa shape index (κ1) is 36.6. The van der Waals surface area contributed by atoms with E-state index in [2.05, 4.69) is 133 Å². The molecule has 0 unspecified atom stereocenters. The van der Waals surface area contributed by atoms with E-state index < -0.39 is 0 Å². The van der Waals surface area contributed by atoms with Gasteiger partial charge in [-0.2, -0.15) is 0 Å². The summed E-state index contributed by atoms with van der Waals surface area (Å²) >= 11 is 0. The van der Waals surface area contributed by atoms with Crippen molar-refractivity contribution in [1.29, 1.82) is 0 Å². The first-order chi connectivity index (χ1) is 30.1. The molecule has 9 aromatic rings. The molecule has 7 aromatic carbocycles. The molecule has 6 heteroatoms. The van der Waals surface area contributed by atoms with E-state index in [1.807, 2.05) is 54.6 Å². The fraction of sp³-hybridized carbons (Fsp3) is 0.127. The van der Waals surface area contributed by atoms with Crippen molar-refractivity contribution >= 4 is 0 Å². The Morgan fingerprint density at radius 1 is 0.295 bits per heavy atom. The molecule has 2 fully saturated rings. The molecule has 0 saturated heterocycles. The van der Waals surface area contributed by atoms with Gasteiger partial charge in [0.05, 0.1) is 0 Å². The number of benzene rings is 7. The highest BCUT2D eigenvalue weighted by Gasteiger charge is 2.45. The van der Waals surface area contributed by atoms with Crippen LogP contribution in [0.15, 0.2) is 188 Å². The number of aromatic nitrogens is 6. The maximum Gasteiger partial charge on any atom is 0.164 e. The number of hydrogen-bond acceptors (Lipinski definition) is 6. The Kier molecular flexibility index (Phi) is 9.38. The third-order valence-corrected chi connectivity index (χ3v) is 12.7. The van der Waals surface area contributed by atoms with Crippen LogP contribution in [0.2, 0.25) is 0 Å². The smallest absolute Gasteiger partial charge is 0.164 e. The molecule has 0 aliphatic heterocycles. The number of fused-ring (bicyclic) bond motifs is 2. The summed E-state index contributed by atoms with van der Waals surface area (Å²) in [5, 5.41) is 0. The normalized spacial score (nSPS) is 16.8. The van der Waals surface area contributed by atoms with Crippen LogP contribution in [0.25, 0.3) is 90.6 Å². The molecule has 11 rings (SSSR count). The van der Waals surface area contributed by atoms with E-state index in [0.717, 1.165) is 61.6 Å². The zero-order valence-electron chi connectivity index (χ0n) is 33.7. The van der Waals surface area contributed by atoms with Crippen LogP contribution in [-0.2, 0) is 5.41 Å². The van der Waals surface area contributed by atoms with Crippen molar-refractivity contribution in [3.8, 4) is 90.6 Å². The maximum absolute atomic E-state index is 5.11. The molecule has 0 radical (unpaired) electrons. The third kappa shape index (κ3) is 7.31. The van der Waals surface area contributed by atoms with Gasteiger partial charge in [0, 0.05) is 33.4 Å². The average molecular weight is 787 g/mol. The Morgan fingerprint density at radius 3 is 1.02 bits per heavy atom. The standard InChI is InChI=1S/C55H42N6/c1-4-12-38(13-5-1)44-18-10-20-46(34-44)53-58-49(40-14-6-2-7-15-40)56-51(60-53)42-24-22-39(23-25-42)45-19-11-21-47(35-45)54-59-50(41-16-8-3-9-17-41)57-52(61-54)43-26-28-48(29-27-43)55-32-30-37(36-55)31-33-55/h1-29,34-35,37H,30-33,36H2. The van der Waals surface area contributed by atoms with Crippen LogP contribution < -0.4 is 0 Å². The van der Waals surface area contributed by atoms with Crippen LogP contribution in [0.1, 0.15) is 37.7 Å². The first-order valence-electron chi connectivity index (χ1n) is 21.2. The molecule has 2 aliphatic carbocycles. The first-order valence-corrected chi connectivity index (χ1v) is 21.2. The van der Waals surface area contributed by atoms with Gasteiger partial charge in [0.25, 0.3) is 0 Å². The zero-order chi connectivity index (χ0) is 40.6. The lowest BCUT2D eigenvalue weighted by Crippen LogP contribution is -2.19. The summed E-state index contributed by atoms with van der Waals surface area (Å²) in [6.07, 6.45) is 6.68. The minimum atomic E-state index is 0.357. The van der Waals surface area contributed by atoms with E-state index in [-0.39, 0.29) is 0 Å². The van der Waals surface area contributed by atoms with E-state index in [1.54, 1.807) is 0 Å². The van der Waals surface area contributed by atoms with Gasteiger partial charge in [-0.25, -0.2) is 29.9 Å². The quantitative estimate of drug-likeness (QED) is 0.145. The van der Waals surface area contributed by atoms with Crippen LogP contribution >= 0.6 is 0 Å². The molecule has 2 aliphatic rings. The van der Waals surface area contributed by atoms with Crippen LogP contribution in [-0.4, -0.2) is 29.9 Å². The van der Waals surface area contributed by atoms with Gasteiger partial charge in [-0.05, 0) is 83.4 Å². The second-order valence-corrected chi connectivity index (χ2v) is 16.5. The van der Waals surface area contributed by atoms with Gasteiger partial charge in [-0.1, -0.05) is 176 Å². The second-order valence-electron chi connectivity index (χ2n) is 16.5. The fourth-order valence-electron chi connectivity index (χ4n) is 9.39. The van der Waals surface area contributed by atoms with Crippen molar-refractivity contribution in [2.24, 2.45) is 5.92 Å². The van der Waals surface area contributed by atoms with Gasteiger partial charge in [-0.3, -0.25) is 0 Å². The van der Waals surface area contributed by atoms with Gasteiger partial charge in [0.2, 0.25) is 0 Å². The molecule has 6 nitrogen and oxygen atoms in total. The van der Waals surface area contributed by atoms with Gasteiger partial charge in [0.1, 0.15) is 0 Å². The Morgan fingerprint density at radius 2 is 0.607 bits per heavy atom. The number of rotatable bonds is 9. The van der Waals surface area contributed by atoms with Crippen molar-refractivity contribution in [1.82, 2.24) is 29.9 Å². The van der Waals surface area contributed by atoms with Crippen molar-refractivity contribution < 1.29 is 0 Å². The van der Waals surface area contributed by atoms with Crippen LogP contribution in [0.4, 0.5) is 0 Å². The lowest BCUT2D eigenvalue weighted by Gasteiger charge is -2.27. The van der Waals surface area contributed by atoms with E-state index >= 15 is 0 Å². The van der Waals surface area contributed by atoms with Crippen LogP contribution in [0, 0.1) is 5.92 Å². The summed E-state index contributed by atoms with van der Waals surface area (Å²) in [6, 6.07) is 65.0. The molecule has 2 saturated carbocycles. The fourth-order valence-corrected chi connectivity index (χ4v) is 9.39. The van der Waals surface area contributed by atoms with Gasteiger partial charge in [-0.15, -0.1) is 0 Å². The highest BCUT2D eigenvalue weighted by molar-refractivity contribution is 5.76. The lowest BCUT2D eigenvalue weighted by molar-refractivity contribution is 0.419. The molecule has 0 atom stereocenters.